The van der Waals surface area contributed by atoms with Gasteiger partial charge < -0.3 is 14.5 Å². The summed E-state index contributed by atoms with van der Waals surface area (Å²) in [6.07, 6.45) is 5.49. The Hall–Kier alpha value is -1.58. The van der Waals surface area contributed by atoms with Gasteiger partial charge in [0.05, 0.1) is 12.4 Å². The molecule has 3 rings (SSSR count). The van der Waals surface area contributed by atoms with Gasteiger partial charge in [-0.15, -0.1) is 0 Å². The Balaban J connectivity index is 1.59. The number of furan rings is 1. The fraction of sp³-hybridized carbons (Fsp3) is 0.444. The fourth-order valence-electron chi connectivity index (χ4n) is 2.93. The van der Waals surface area contributed by atoms with Gasteiger partial charge in [-0.05, 0) is 43.0 Å². The van der Waals surface area contributed by atoms with Gasteiger partial charge in [0, 0.05) is 12.1 Å². The summed E-state index contributed by atoms with van der Waals surface area (Å²) in [6.45, 7) is 4.47. The van der Waals surface area contributed by atoms with Crippen LogP contribution in [-0.2, 0) is 24.3 Å². The van der Waals surface area contributed by atoms with Gasteiger partial charge in [-0.2, -0.15) is 0 Å². The van der Waals surface area contributed by atoms with Crippen LogP contribution in [0.15, 0.2) is 41.0 Å². The number of ether oxygens (including phenoxy) is 1. The third-order valence-corrected chi connectivity index (χ3v) is 4.03. The standard InChI is InChI=1S/C18H23NO2/c1-2-19-11-14-10-16(20-12-14)13-21-18-9-5-7-15-6-3-4-8-17(15)18/h3-4,6,8,10,12,18-19H,2,5,7,9,11,13H2,1H3. The second-order valence-electron chi connectivity index (χ2n) is 5.59. The second-order valence-corrected chi connectivity index (χ2v) is 5.59. The molecule has 0 aliphatic heterocycles. The van der Waals surface area contributed by atoms with Gasteiger partial charge >= 0.3 is 0 Å². The van der Waals surface area contributed by atoms with E-state index in [2.05, 4.69) is 42.6 Å². The highest BCUT2D eigenvalue weighted by Gasteiger charge is 2.20. The molecule has 112 valence electrons. The maximum atomic E-state index is 6.10. The lowest BCUT2D eigenvalue weighted by Crippen LogP contribution is -2.12. The van der Waals surface area contributed by atoms with Crippen LogP contribution in [0.5, 0.6) is 0 Å². The highest BCUT2D eigenvalue weighted by atomic mass is 16.5. The predicted molar refractivity (Wildman–Crippen MR) is 83.0 cm³/mol. The van der Waals surface area contributed by atoms with Crippen molar-refractivity contribution in [3.63, 3.8) is 0 Å². The van der Waals surface area contributed by atoms with E-state index in [1.54, 1.807) is 0 Å². The third kappa shape index (κ3) is 3.55. The van der Waals surface area contributed by atoms with Gasteiger partial charge in [0.2, 0.25) is 0 Å². The van der Waals surface area contributed by atoms with E-state index in [0.29, 0.717) is 6.61 Å². The van der Waals surface area contributed by atoms with Crippen molar-refractivity contribution in [1.29, 1.82) is 0 Å². The average Bonchev–Trinajstić information content (AvgIpc) is 2.99. The molecule has 1 aliphatic carbocycles. The lowest BCUT2D eigenvalue weighted by atomic mass is 9.89. The summed E-state index contributed by atoms with van der Waals surface area (Å²) in [5.41, 5.74) is 3.96. The van der Waals surface area contributed by atoms with Crippen LogP contribution in [0, 0.1) is 0 Å². The van der Waals surface area contributed by atoms with Crippen LogP contribution in [0.25, 0.3) is 0 Å². The van der Waals surface area contributed by atoms with Crippen LogP contribution in [0.4, 0.5) is 0 Å². The molecule has 0 radical (unpaired) electrons. The third-order valence-electron chi connectivity index (χ3n) is 4.03. The Morgan fingerprint density at radius 3 is 3.14 bits per heavy atom. The zero-order valence-corrected chi connectivity index (χ0v) is 12.6. The van der Waals surface area contributed by atoms with Crippen molar-refractivity contribution in [2.75, 3.05) is 6.54 Å². The predicted octanol–water partition coefficient (Wildman–Crippen LogP) is 3.98. The Labute approximate surface area is 126 Å². The number of benzene rings is 1. The van der Waals surface area contributed by atoms with E-state index in [1.807, 2.05) is 6.26 Å². The van der Waals surface area contributed by atoms with Crippen LogP contribution in [-0.4, -0.2) is 6.54 Å². The van der Waals surface area contributed by atoms with E-state index in [4.69, 9.17) is 9.15 Å². The Kier molecular flexibility index (Phi) is 4.73. The lowest BCUT2D eigenvalue weighted by Gasteiger charge is -2.25. The first-order valence-corrected chi connectivity index (χ1v) is 7.83. The zero-order chi connectivity index (χ0) is 14.5. The molecular weight excluding hydrogens is 262 g/mol. The number of rotatable bonds is 6. The summed E-state index contributed by atoms with van der Waals surface area (Å²) in [5.74, 6) is 0.908. The summed E-state index contributed by atoms with van der Waals surface area (Å²) in [6, 6.07) is 10.7. The topological polar surface area (TPSA) is 34.4 Å². The van der Waals surface area contributed by atoms with Crippen LogP contribution >= 0.6 is 0 Å². The molecule has 1 N–H and O–H groups in total. The summed E-state index contributed by atoms with van der Waals surface area (Å²) >= 11 is 0. The zero-order valence-electron chi connectivity index (χ0n) is 12.6. The minimum atomic E-state index is 0.206. The molecule has 1 heterocycles. The van der Waals surface area contributed by atoms with Crippen molar-refractivity contribution in [3.8, 4) is 0 Å². The molecule has 0 fully saturated rings. The molecule has 0 bridgehead atoms. The van der Waals surface area contributed by atoms with Crippen LogP contribution in [0.3, 0.4) is 0 Å². The van der Waals surface area contributed by atoms with E-state index in [0.717, 1.165) is 25.3 Å². The van der Waals surface area contributed by atoms with Crippen LogP contribution in [0.1, 0.15) is 48.3 Å². The number of aryl methyl sites for hydroxylation is 1. The van der Waals surface area contributed by atoms with E-state index in [-0.39, 0.29) is 6.10 Å². The molecule has 1 aliphatic rings. The molecule has 3 nitrogen and oxygen atoms in total. The van der Waals surface area contributed by atoms with Crippen LogP contribution in [0.2, 0.25) is 0 Å². The van der Waals surface area contributed by atoms with Crippen molar-refractivity contribution >= 4 is 0 Å². The van der Waals surface area contributed by atoms with Crippen molar-refractivity contribution in [1.82, 2.24) is 5.32 Å². The Morgan fingerprint density at radius 1 is 1.33 bits per heavy atom. The quantitative estimate of drug-likeness (QED) is 0.871. The molecule has 1 unspecified atom stereocenters. The Morgan fingerprint density at radius 2 is 2.24 bits per heavy atom. The van der Waals surface area contributed by atoms with Crippen molar-refractivity contribution in [3.05, 3.63) is 59.0 Å². The number of fused-ring (bicyclic) bond motifs is 1. The minimum absolute atomic E-state index is 0.206. The first kappa shape index (κ1) is 14.4. The highest BCUT2D eigenvalue weighted by molar-refractivity contribution is 5.31. The monoisotopic (exact) mass is 285 g/mol. The van der Waals surface area contributed by atoms with Gasteiger partial charge in [-0.3, -0.25) is 0 Å². The second kappa shape index (κ2) is 6.92. The van der Waals surface area contributed by atoms with Gasteiger partial charge in [0.25, 0.3) is 0 Å². The normalized spacial score (nSPS) is 17.7. The highest BCUT2D eigenvalue weighted by Crippen LogP contribution is 2.33. The first-order valence-electron chi connectivity index (χ1n) is 7.83. The SMILES string of the molecule is CCNCc1coc(COC2CCCc3ccccc32)c1. The fourth-order valence-corrected chi connectivity index (χ4v) is 2.93. The molecule has 1 aromatic carbocycles. The van der Waals surface area contributed by atoms with Crippen LogP contribution < -0.4 is 5.32 Å². The smallest absolute Gasteiger partial charge is 0.129 e. The first-order chi connectivity index (χ1) is 10.4. The molecule has 0 spiro atoms. The van der Waals surface area contributed by atoms with Crippen molar-refractivity contribution < 1.29 is 9.15 Å². The molecule has 1 aromatic heterocycles. The Bertz CT molecular complexity index is 576. The molecular formula is C18H23NO2. The van der Waals surface area contributed by atoms with Crippen molar-refractivity contribution in [2.24, 2.45) is 0 Å². The molecule has 0 saturated heterocycles. The minimum Gasteiger partial charge on any atom is -0.467 e. The van der Waals surface area contributed by atoms with Crippen molar-refractivity contribution in [2.45, 2.75) is 45.4 Å². The van der Waals surface area contributed by atoms with E-state index in [1.165, 1.54) is 29.5 Å². The number of hydrogen-bond acceptors (Lipinski definition) is 3. The van der Waals surface area contributed by atoms with E-state index < -0.39 is 0 Å². The van der Waals surface area contributed by atoms with Gasteiger partial charge in [-0.25, -0.2) is 0 Å². The molecule has 0 amide bonds. The molecule has 21 heavy (non-hydrogen) atoms. The van der Waals surface area contributed by atoms with Gasteiger partial charge in [0.15, 0.2) is 0 Å². The number of nitrogens with one attached hydrogen (secondary N) is 1. The molecule has 1 atom stereocenters. The number of hydrogen-bond donors (Lipinski definition) is 1. The lowest BCUT2D eigenvalue weighted by molar-refractivity contribution is 0.0192. The van der Waals surface area contributed by atoms with Gasteiger partial charge in [0.1, 0.15) is 12.4 Å². The molecule has 2 aromatic rings. The maximum Gasteiger partial charge on any atom is 0.129 e. The summed E-state index contributed by atoms with van der Waals surface area (Å²) in [4.78, 5) is 0. The maximum absolute atomic E-state index is 6.10. The summed E-state index contributed by atoms with van der Waals surface area (Å²) < 4.78 is 11.7. The average molecular weight is 285 g/mol. The summed E-state index contributed by atoms with van der Waals surface area (Å²) in [7, 11) is 0. The molecule has 3 heteroatoms. The molecule has 0 saturated carbocycles. The summed E-state index contributed by atoms with van der Waals surface area (Å²) in [5, 5.41) is 3.30. The van der Waals surface area contributed by atoms with E-state index >= 15 is 0 Å². The van der Waals surface area contributed by atoms with Gasteiger partial charge in [-0.1, -0.05) is 31.2 Å². The van der Waals surface area contributed by atoms with E-state index in [9.17, 15) is 0 Å². The largest absolute Gasteiger partial charge is 0.467 e.